The van der Waals surface area contributed by atoms with Crippen LogP contribution in [0.3, 0.4) is 0 Å². The van der Waals surface area contributed by atoms with Crippen molar-refractivity contribution >= 4 is 23.2 Å². The second-order valence-corrected chi connectivity index (χ2v) is 5.02. The van der Waals surface area contributed by atoms with Gasteiger partial charge in [0.05, 0.1) is 19.6 Å². The van der Waals surface area contributed by atoms with Crippen LogP contribution in [0.25, 0.3) is 0 Å². The lowest BCUT2D eigenvalue weighted by Crippen LogP contribution is -1.99. The van der Waals surface area contributed by atoms with E-state index in [-0.39, 0.29) is 5.75 Å². The molecule has 2 rings (SSSR count). The van der Waals surface area contributed by atoms with Gasteiger partial charge in [-0.05, 0) is 35.9 Å². The van der Waals surface area contributed by atoms with Gasteiger partial charge in [0.1, 0.15) is 5.75 Å². The summed E-state index contributed by atoms with van der Waals surface area (Å²) < 4.78 is 23.9. The molecule has 0 radical (unpaired) electrons. The Bertz CT molecular complexity index is 617. The van der Waals surface area contributed by atoms with E-state index in [1.54, 1.807) is 31.4 Å². The SMILES string of the molecule is COc1ccc(C(Cl)c2cc(Cl)ccc2OC)cc1F. The Kier molecular flexibility index (Phi) is 4.73. The Balaban J connectivity index is 2.43. The van der Waals surface area contributed by atoms with Crippen molar-refractivity contribution in [1.82, 2.24) is 0 Å². The minimum atomic E-state index is -0.566. The van der Waals surface area contributed by atoms with Crippen LogP contribution in [0.4, 0.5) is 4.39 Å². The zero-order valence-corrected chi connectivity index (χ0v) is 12.5. The molecule has 0 saturated heterocycles. The number of halogens is 3. The van der Waals surface area contributed by atoms with Gasteiger partial charge in [0.25, 0.3) is 0 Å². The van der Waals surface area contributed by atoms with E-state index in [1.807, 2.05) is 0 Å². The highest BCUT2D eigenvalue weighted by molar-refractivity contribution is 6.31. The van der Waals surface area contributed by atoms with E-state index in [9.17, 15) is 4.39 Å². The standard InChI is InChI=1S/C15H13Cl2FO2/c1-19-13-6-4-10(16)8-11(13)15(17)9-3-5-14(20-2)12(18)7-9/h3-8,15H,1-2H3. The second-order valence-electron chi connectivity index (χ2n) is 4.14. The van der Waals surface area contributed by atoms with Gasteiger partial charge >= 0.3 is 0 Å². The lowest BCUT2D eigenvalue weighted by Gasteiger charge is -2.15. The van der Waals surface area contributed by atoms with Gasteiger partial charge in [0, 0.05) is 10.6 Å². The number of hydrogen-bond acceptors (Lipinski definition) is 2. The molecule has 5 heteroatoms. The molecule has 2 aromatic carbocycles. The minimum absolute atomic E-state index is 0.177. The van der Waals surface area contributed by atoms with E-state index in [4.69, 9.17) is 32.7 Å². The topological polar surface area (TPSA) is 18.5 Å². The molecule has 20 heavy (non-hydrogen) atoms. The summed E-state index contributed by atoms with van der Waals surface area (Å²) in [6.07, 6.45) is 0. The van der Waals surface area contributed by atoms with Crippen molar-refractivity contribution in [1.29, 1.82) is 0 Å². The fraction of sp³-hybridized carbons (Fsp3) is 0.200. The van der Waals surface area contributed by atoms with Gasteiger partial charge < -0.3 is 9.47 Å². The quantitative estimate of drug-likeness (QED) is 0.753. The molecular weight excluding hydrogens is 302 g/mol. The molecule has 0 aliphatic carbocycles. The summed E-state index contributed by atoms with van der Waals surface area (Å²) in [4.78, 5) is 0. The van der Waals surface area contributed by atoms with E-state index in [0.29, 0.717) is 21.9 Å². The third kappa shape index (κ3) is 3.00. The molecule has 0 saturated carbocycles. The predicted molar refractivity (Wildman–Crippen MR) is 78.7 cm³/mol. The first-order chi connectivity index (χ1) is 9.56. The van der Waals surface area contributed by atoms with Crippen molar-refractivity contribution in [2.45, 2.75) is 5.38 Å². The van der Waals surface area contributed by atoms with Gasteiger partial charge in [0.15, 0.2) is 11.6 Å². The van der Waals surface area contributed by atoms with Crippen LogP contribution in [0.15, 0.2) is 36.4 Å². The molecule has 0 aliphatic rings. The highest BCUT2D eigenvalue weighted by atomic mass is 35.5. The molecule has 1 atom stereocenters. The lowest BCUT2D eigenvalue weighted by molar-refractivity contribution is 0.386. The molecule has 2 nitrogen and oxygen atoms in total. The van der Waals surface area contributed by atoms with Crippen molar-refractivity contribution in [3.8, 4) is 11.5 Å². The molecule has 2 aromatic rings. The number of alkyl halides is 1. The fourth-order valence-electron chi connectivity index (χ4n) is 1.92. The summed E-state index contributed by atoms with van der Waals surface area (Å²) in [6.45, 7) is 0. The summed E-state index contributed by atoms with van der Waals surface area (Å²) in [5.41, 5.74) is 1.29. The first kappa shape index (κ1) is 14.9. The van der Waals surface area contributed by atoms with Gasteiger partial charge in [-0.3, -0.25) is 0 Å². The third-order valence-electron chi connectivity index (χ3n) is 2.93. The number of ether oxygens (including phenoxy) is 2. The monoisotopic (exact) mass is 314 g/mol. The van der Waals surface area contributed by atoms with E-state index >= 15 is 0 Å². The molecule has 1 unspecified atom stereocenters. The summed E-state index contributed by atoms with van der Waals surface area (Å²) in [7, 11) is 2.96. The Hall–Kier alpha value is -1.45. The number of rotatable bonds is 4. The Morgan fingerprint density at radius 1 is 1.00 bits per heavy atom. The normalized spacial score (nSPS) is 12.1. The fourth-order valence-corrected chi connectivity index (χ4v) is 2.41. The van der Waals surface area contributed by atoms with Gasteiger partial charge in [0.2, 0.25) is 0 Å². The van der Waals surface area contributed by atoms with Crippen molar-refractivity contribution in [3.05, 3.63) is 58.4 Å². The first-order valence-corrected chi connectivity index (χ1v) is 6.69. The van der Waals surface area contributed by atoms with Gasteiger partial charge in [-0.1, -0.05) is 17.7 Å². The molecule has 0 heterocycles. The van der Waals surface area contributed by atoms with Gasteiger partial charge in [-0.25, -0.2) is 4.39 Å². The summed E-state index contributed by atoms with van der Waals surface area (Å²) in [6, 6.07) is 9.74. The van der Waals surface area contributed by atoms with Crippen LogP contribution in [-0.4, -0.2) is 14.2 Å². The van der Waals surface area contributed by atoms with Crippen molar-refractivity contribution < 1.29 is 13.9 Å². The van der Waals surface area contributed by atoms with Crippen LogP contribution in [0, 0.1) is 5.82 Å². The Morgan fingerprint density at radius 3 is 2.25 bits per heavy atom. The smallest absolute Gasteiger partial charge is 0.165 e. The van der Waals surface area contributed by atoms with Crippen LogP contribution in [0.5, 0.6) is 11.5 Å². The summed E-state index contributed by atoms with van der Waals surface area (Å²) in [5, 5.41) is -0.0236. The van der Waals surface area contributed by atoms with E-state index in [1.165, 1.54) is 19.2 Å². The molecule has 0 amide bonds. The third-order valence-corrected chi connectivity index (χ3v) is 3.66. The Labute approximate surface area is 127 Å². The largest absolute Gasteiger partial charge is 0.496 e. The maximum atomic E-state index is 13.7. The van der Waals surface area contributed by atoms with Gasteiger partial charge in [-0.15, -0.1) is 11.6 Å². The molecule has 0 N–H and O–H groups in total. The highest BCUT2D eigenvalue weighted by Crippen LogP contribution is 2.37. The van der Waals surface area contributed by atoms with Gasteiger partial charge in [-0.2, -0.15) is 0 Å². The molecule has 0 spiro atoms. The van der Waals surface area contributed by atoms with E-state index in [0.717, 1.165) is 0 Å². The van der Waals surface area contributed by atoms with Crippen molar-refractivity contribution in [2.24, 2.45) is 0 Å². The lowest BCUT2D eigenvalue weighted by atomic mass is 10.0. The molecule has 0 aromatic heterocycles. The van der Waals surface area contributed by atoms with Crippen LogP contribution in [0.2, 0.25) is 5.02 Å². The average molecular weight is 315 g/mol. The average Bonchev–Trinajstić information content (AvgIpc) is 2.46. The molecule has 0 bridgehead atoms. The zero-order chi connectivity index (χ0) is 14.7. The summed E-state index contributed by atoms with van der Waals surface area (Å²) >= 11 is 12.4. The van der Waals surface area contributed by atoms with Crippen molar-refractivity contribution in [3.63, 3.8) is 0 Å². The minimum Gasteiger partial charge on any atom is -0.496 e. The Morgan fingerprint density at radius 2 is 1.65 bits per heavy atom. The predicted octanol–water partition coefficient (Wildman–Crippen LogP) is 4.82. The van der Waals surface area contributed by atoms with Crippen LogP contribution < -0.4 is 9.47 Å². The first-order valence-electron chi connectivity index (χ1n) is 5.87. The van der Waals surface area contributed by atoms with Crippen LogP contribution in [0.1, 0.15) is 16.5 Å². The van der Waals surface area contributed by atoms with Crippen LogP contribution in [-0.2, 0) is 0 Å². The second kappa shape index (κ2) is 6.33. The zero-order valence-electron chi connectivity index (χ0n) is 11.0. The molecule has 0 aliphatic heterocycles. The molecule has 106 valence electrons. The summed E-state index contributed by atoms with van der Waals surface area (Å²) in [5.74, 6) is 0.318. The molecule has 0 fully saturated rings. The number of benzene rings is 2. The molecular formula is C15H13Cl2FO2. The van der Waals surface area contributed by atoms with Crippen molar-refractivity contribution in [2.75, 3.05) is 14.2 Å². The van der Waals surface area contributed by atoms with E-state index < -0.39 is 11.2 Å². The maximum Gasteiger partial charge on any atom is 0.165 e. The van der Waals surface area contributed by atoms with Crippen LogP contribution >= 0.6 is 23.2 Å². The number of hydrogen-bond donors (Lipinski definition) is 0. The number of methoxy groups -OCH3 is 2. The highest BCUT2D eigenvalue weighted by Gasteiger charge is 2.18. The van der Waals surface area contributed by atoms with E-state index in [2.05, 4.69) is 0 Å². The maximum absolute atomic E-state index is 13.7.